The monoisotopic (exact) mass is 357 g/mol. The van der Waals surface area contributed by atoms with Crippen LogP contribution in [0.1, 0.15) is 16.9 Å². The van der Waals surface area contributed by atoms with Crippen molar-refractivity contribution in [3.63, 3.8) is 0 Å². The maximum atomic E-state index is 12.6. The molecule has 2 aliphatic heterocycles. The largest absolute Gasteiger partial charge is 0.379 e. The molecule has 0 radical (unpaired) electrons. The molecule has 5 nitrogen and oxygen atoms in total. The number of ether oxygens (including phenoxy) is 1. The zero-order valence-electron chi connectivity index (χ0n) is 14.3. The van der Waals surface area contributed by atoms with Gasteiger partial charge in [0.05, 0.1) is 25.3 Å². The van der Waals surface area contributed by atoms with Gasteiger partial charge in [-0.15, -0.1) is 11.3 Å². The van der Waals surface area contributed by atoms with Crippen molar-refractivity contribution in [3.05, 3.63) is 52.5 Å². The SMILES string of the molecule is O=C1C[C@]2(COCCN(Cc3ccccc3)C2)CN1Cc1cncs1. The molecule has 1 amide bonds. The van der Waals surface area contributed by atoms with Gasteiger partial charge in [-0.1, -0.05) is 30.3 Å². The van der Waals surface area contributed by atoms with Gasteiger partial charge in [0.25, 0.3) is 0 Å². The minimum atomic E-state index is -0.0902. The number of amides is 1. The van der Waals surface area contributed by atoms with E-state index in [1.54, 1.807) is 11.3 Å². The van der Waals surface area contributed by atoms with Gasteiger partial charge in [-0.25, -0.2) is 0 Å². The first-order chi connectivity index (χ1) is 12.2. The molecular weight excluding hydrogens is 334 g/mol. The molecule has 0 saturated carbocycles. The van der Waals surface area contributed by atoms with Crippen molar-refractivity contribution in [1.29, 1.82) is 0 Å². The zero-order chi connectivity index (χ0) is 17.1. The maximum absolute atomic E-state index is 12.6. The van der Waals surface area contributed by atoms with Crippen LogP contribution in [0, 0.1) is 5.41 Å². The summed E-state index contributed by atoms with van der Waals surface area (Å²) in [5, 5.41) is 0. The van der Waals surface area contributed by atoms with Gasteiger partial charge < -0.3 is 9.64 Å². The Bertz CT molecular complexity index is 707. The minimum Gasteiger partial charge on any atom is -0.379 e. The third kappa shape index (κ3) is 3.92. The van der Waals surface area contributed by atoms with E-state index in [-0.39, 0.29) is 11.3 Å². The van der Waals surface area contributed by atoms with E-state index >= 15 is 0 Å². The van der Waals surface area contributed by atoms with Crippen LogP contribution in [0.3, 0.4) is 0 Å². The van der Waals surface area contributed by atoms with Crippen LogP contribution in [0.25, 0.3) is 0 Å². The van der Waals surface area contributed by atoms with Crippen LogP contribution in [-0.2, 0) is 22.6 Å². The highest BCUT2D eigenvalue weighted by molar-refractivity contribution is 7.09. The predicted molar refractivity (Wildman–Crippen MR) is 97.1 cm³/mol. The second kappa shape index (κ2) is 7.23. The quantitative estimate of drug-likeness (QED) is 0.843. The van der Waals surface area contributed by atoms with E-state index in [1.165, 1.54) is 5.56 Å². The van der Waals surface area contributed by atoms with Crippen molar-refractivity contribution in [2.45, 2.75) is 19.5 Å². The van der Waals surface area contributed by atoms with Crippen molar-refractivity contribution in [2.24, 2.45) is 5.41 Å². The van der Waals surface area contributed by atoms with Gasteiger partial charge in [0.2, 0.25) is 5.91 Å². The Morgan fingerprint density at radius 2 is 2.08 bits per heavy atom. The maximum Gasteiger partial charge on any atom is 0.223 e. The number of benzene rings is 1. The third-order valence-electron chi connectivity index (χ3n) is 5.00. The molecule has 25 heavy (non-hydrogen) atoms. The van der Waals surface area contributed by atoms with Gasteiger partial charge in [-0.05, 0) is 5.56 Å². The van der Waals surface area contributed by atoms with Crippen molar-refractivity contribution in [2.75, 3.05) is 32.8 Å². The van der Waals surface area contributed by atoms with E-state index in [0.29, 0.717) is 19.6 Å². The van der Waals surface area contributed by atoms with Gasteiger partial charge in [0, 0.05) is 49.1 Å². The molecule has 0 aliphatic carbocycles. The average molecular weight is 357 g/mol. The first kappa shape index (κ1) is 16.7. The minimum absolute atomic E-state index is 0.0902. The second-order valence-electron chi connectivity index (χ2n) is 7.14. The Morgan fingerprint density at radius 3 is 2.88 bits per heavy atom. The molecule has 0 unspecified atom stereocenters. The van der Waals surface area contributed by atoms with Crippen molar-refractivity contribution >= 4 is 17.2 Å². The molecular formula is C19H23N3O2S. The van der Waals surface area contributed by atoms with Crippen LogP contribution in [0.15, 0.2) is 42.0 Å². The van der Waals surface area contributed by atoms with E-state index in [4.69, 9.17) is 4.74 Å². The number of aromatic nitrogens is 1. The molecule has 4 rings (SSSR count). The fourth-order valence-corrected chi connectivity index (χ4v) is 4.50. The normalized spacial score (nSPS) is 24.8. The van der Waals surface area contributed by atoms with Gasteiger partial charge in [-0.3, -0.25) is 14.7 Å². The van der Waals surface area contributed by atoms with Crippen LogP contribution in [-0.4, -0.2) is 53.5 Å². The second-order valence-corrected chi connectivity index (χ2v) is 8.11. The topological polar surface area (TPSA) is 45.7 Å². The van der Waals surface area contributed by atoms with Gasteiger partial charge in [0.15, 0.2) is 0 Å². The van der Waals surface area contributed by atoms with Crippen LogP contribution >= 0.6 is 11.3 Å². The molecule has 2 aromatic rings. The lowest BCUT2D eigenvalue weighted by Crippen LogP contribution is -2.40. The standard InChI is InChI=1S/C19H23N3O2S/c23-18-8-19(13-22(18)11-17-9-20-15-25-17)12-21(6-7-24-14-19)10-16-4-2-1-3-5-16/h1-5,9,15H,6-8,10-14H2/t19-/m1/s1. The van der Waals surface area contributed by atoms with E-state index in [9.17, 15) is 4.79 Å². The predicted octanol–water partition coefficient (Wildman–Crippen LogP) is 2.39. The van der Waals surface area contributed by atoms with E-state index < -0.39 is 0 Å². The van der Waals surface area contributed by atoms with Gasteiger partial charge in [0.1, 0.15) is 0 Å². The molecule has 2 saturated heterocycles. The zero-order valence-corrected chi connectivity index (χ0v) is 15.1. The van der Waals surface area contributed by atoms with Gasteiger partial charge >= 0.3 is 0 Å². The molecule has 2 aliphatic rings. The highest BCUT2D eigenvalue weighted by Gasteiger charge is 2.45. The number of nitrogens with zero attached hydrogens (tertiary/aromatic N) is 3. The molecule has 1 aromatic carbocycles. The number of carbonyl (C=O) groups is 1. The molecule has 1 spiro atoms. The third-order valence-corrected chi connectivity index (χ3v) is 5.77. The van der Waals surface area contributed by atoms with E-state index in [0.717, 1.165) is 37.7 Å². The summed E-state index contributed by atoms with van der Waals surface area (Å²) in [5.41, 5.74) is 3.04. The summed E-state index contributed by atoms with van der Waals surface area (Å²) in [6.07, 6.45) is 2.44. The van der Waals surface area contributed by atoms with Crippen LogP contribution in [0.5, 0.6) is 0 Å². The molecule has 2 fully saturated rings. The smallest absolute Gasteiger partial charge is 0.223 e. The summed E-state index contributed by atoms with van der Waals surface area (Å²) in [6.45, 7) is 5.58. The lowest BCUT2D eigenvalue weighted by Gasteiger charge is -2.31. The number of hydrogen-bond acceptors (Lipinski definition) is 5. The van der Waals surface area contributed by atoms with Crippen LogP contribution in [0.2, 0.25) is 0 Å². The fraction of sp³-hybridized carbons (Fsp3) is 0.474. The number of likely N-dealkylation sites (tertiary alicyclic amines) is 1. The fourth-order valence-electron chi connectivity index (χ4n) is 3.89. The number of hydrogen-bond donors (Lipinski definition) is 0. The summed E-state index contributed by atoms with van der Waals surface area (Å²) >= 11 is 1.61. The van der Waals surface area contributed by atoms with Gasteiger partial charge in [-0.2, -0.15) is 0 Å². The highest BCUT2D eigenvalue weighted by atomic mass is 32.1. The van der Waals surface area contributed by atoms with E-state index in [1.807, 2.05) is 22.7 Å². The Labute approximate surface area is 152 Å². The van der Waals surface area contributed by atoms with Crippen molar-refractivity contribution < 1.29 is 9.53 Å². The molecule has 1 atom stereocenters. The molecule has 132 valence electrons. The van der Waals surface area contributed by atoms with Crippen molar-refractivity contribution in [1.82, 2.24) is 14.8 Å². The lowest BCUT2D eigenvalue weighted by molar-refractivity contribution is -0.128. The summed E-state index contributed by atoms with van der Waals surface area (Å²) in [6, 6.07) is 10.5. The van der Waals surface area contributed by atoms with Crippen LogP contribution < -0.4 is 0 Å². The molecule has 0 bridgehead atoms. The Morgan fingerprint density at radius 1 is 1.20 bits per heavy atom. The Balaban J connectivity index is 1.45. The Kier molecular flexibility index (Phi) is 4.83. The first-order valence-electron chi connectivity index (χ1n) is 8.72. The average Bonchev–Trinajstić information content (AvgIpc) is 3.16. The lowest BCUT2D eigenvalue weighted by atomic mass is 9.87. The summed E-state index contributed by atoms with van der Waals surface area (Å²) in [5.74, 6) is 0.235. The number of thiazole rings is 1. The molecule has 6 heteroatoms. The Hall–Kier alpha value is -1.76. The number of rotatable bonds is 4. The first-order valence-corrected chi connectivity index (χ1v) is 9.60. The molecule has 1 aromatic heterocycles. The molecule has 3 heterocycles. The highest BCUT2D eigenvalue weighted by Crippen LogP contribution is 2.35. The van der Waals surface area contributed by atoms with E-state index in [2.05, 4.69) is 34.1 Å². The van der Waals surface area contributed by atoms with Crippen molar-refractivity contribution in [3.8, 4) is 0 Å². The summed E-state index contributed by atoms with van der Waals surface area (Å²) in [7, 11) is 0. The number of carbonyl (C=O) groups excluding carboxylic acids is 1. The molecule has 0 N–H and O–H groups in total. The summed E-state index contributed by atoms with van der Waals surface area (Å²) < 4.78 is 5.90. The summed E-state index contributed by atoms with van der Waals surface area (Å²) in [4.78, 5) is 22.3. The van der Waals surface area contributed by atoms with Crippen LogP contribution in [0.4, 0.5) is 0 Å².